The summed E-state index contributed by atoms with van der Waals surface area (Å²) in [6.45, 7) is 0.376. The van der Waals surface area contributed by atoms with Crippen LogP contribution in [0.25, 0.3) is 0 Å². The molecule has 6 heteroatoms. The monoisotopic (exact) mass is 403 g/mol. The summed E-state index contributed by atoms with van der Waals surface area (Å²) in [6, 6.07) is 23.7. The number of nitrogens with two attached hydrogens (primary N) is 1. The fourth-order valence-corrected chi connectivity index (χ4v) is 2.95. The highest BCUT2D eigenvalue weighted by Crippen LogP contribution is 2.23. The largest absolute Gasteiger partial charge is 0.476 e. The lowest BCUT2D eigenvalue weighted by atomic mass is 10.1. The van der Waals surface area contributed by atoms with Crippen molar-refractivity contribution in [2.75, 3.05) is 19.0 Å². The topological polar surface area (TPSA) is 84.7 Å². The Balaban J connectivity index is 1.76. The summed E-state index contributed by atoms with van der Waals surface area (Å²) in [5, 5.41) is 2.93. The third-order valence-corrected chi connectivity index (χ3v) is 4.63. The van der Waals surface area contributed by atoms with Crippen LogP contribution >= 0.6 is 0 Å². The van der Waals surface area contributed by atoms with E-state index in [-0.39, 0.29) is 5.91 Å². The molecule has 0 heterocycles. The van der Waals surface area contributed by atoms with E-state index in [9.17, 15) is 9.59 Å². The Morgan fingerprint density at radius 1 is 0.967 bits per heavy atom. The number of rotatable bonds is 8. The van der Waals surface area contributed by atoms with Gasteiger partial charge in [0.05, 0.1) is 0 Å². The molecular weight excluding hydrogens is 378 g/mol. The van der Waals surface area contributed by atoms with Crippen molar-refractivity contribution in [2.24, 2.45) is 5.73 Å². The maximum atomic E-state index is 13.0. The number of carbonyl (C=O) groups is 2. The van der Waals surface area contributed by atoms with Crippen LogP contribution in [0, 0.1) is 0 Å². The van der Waals surface area contributed by atoms with Gasteiger partial charge in [0.1, 0.15) is 5.75 Å². The molecule has 0 saturated heterocycles. The molecule has 0 saturated carbocycles. The first kappa shape index (κ1) is 20.9. The quantitative estimate of drug-likeness (QED) is 0.604. The zero-order valence-corrected chi connectivity index (χ0v) is 17.0. The van der Waals surface area contributed by atoms with Crippen molar-refractivity contribution in [1.29, 1.82) is 0 Å². The Morgan fingerprint density at radius 3 is 2.30 bits per heavy atom. The van der Waals surface area contributed by atoms with Crippen molar-refractivity contribution >= 4 is 17.5 Å². The minimum absolute atomic E-state index is 0.276. The molecule has 0 aromatic heterocycles. The van der Waals surface area contributed by atoms with E-state index in [1.165, 1.54) is 6.07 Å². The second kappa shape index (κ2) is 9.60. The Hall–Kier alpha value is -3.80. The van der Waals surface area contributed by atoms with Gasteiger partial charge >= 0.3 is 0 Å². The second-order valence-corrected chi connectivity index (χ2v) is 7.08. The number of hydrogen-bond donors (Lipinski definition) is 2. The molecule has 3 aromatic rings. The van der Waals surface area contributed by atoms with E-state index in [4.69, 9.17) is 10.5 Å². The Kier molecular flexibility index (Phi) is 6.70. The van der Waals surface area contributed by atoms with Crippen LogP contribution in [0.5, 0.6) is 5.75 Å². The molecule has 154 valence electrons. The van der Waals surface area contributed by atoms with Gasteiger partial charge in [-0.2, -0.15) is 0 Å². The third kappa shape index (κ3) is 5.38. The van der Waals surface area contributed by atoms with Crippen LogP contribution in [0.15, 0.2) is 78.9 Å². The molecular formula is C24H25N3O3. The highest BCUT2D eigenvalue weighted by molar-refractivity contribution is 5.93. The molecule has 6 nitrogen and oxygen atoms in total. The van der Waals surface area contributed by atoms with Gasteiger partial charge in [0.25, 0.3) is 5.91 Å². The zero-order chi connectivity index (χ0) is 21.5. The van der Waals surface area contributed by atoms with E-state index in [1.54, 1.807) is 18.2 Å². The number of amides is 2. The van der Waals surface area contributed by atoms with Gasteiger partial charge in [-0.25, -0.2) is 0 Å². The van der Waals surface area contributed by atoms with Crippen molar-refractivity contribution in [1.82, 2.24) is 5.32 Å². The van der Waals surface area contributed by atoms with Crippen LogP contribution in [0.4, 0.5) is 5.69 Å². The molecule has 0 aliphatic carbocycles. The van der Waals surface area contributed by atoms with Crippen LogP contribution in [-0.4, -0.2) is 25.9 Å². The van der Waals surface area contributed by atoms with E-state index in [0.29, 0.717) is 23.4 Å². The summed E-state index contributed by atoms with van der Waals surface area (Å²) in [7, 11) is 3.96. The lowest BCUT2D eigenvalue weighted by Gasteiger charge is -2.20. The van der Waals surface area contributed by atoms with Gasteiger partial charge < -0.3 is 20.7 Å². The average Bonchev–Trinajstić information content (AvgIpc) is 2.77. The van der Waals surface area contributed by atoms with Crippen LogP contribution in [0.3, 0.4) is 0 Å². The normalized spacial score (nSPS) is 11.4. The van der Waals surface area contributed by atoms with Gasteiger partial charge in [0, 0.05) is 37.5 Å². The van der Waals surface area contributed by atoms with Gasteiger partial charge in [-0.3, -0.25) is 9.59 Å². The van der Waals surface area contributed by atoms with Crippen molar-refractivity contribution in [3.63, 3.8) is 0 Å². The fraction of sp³-hybridized carbons (Fsp3) is 0.167. The van der Waals surface area contributed by atoms with Crippen molar-refractivity contribution < 1.29 is 14.3 Å². The lowest BCUT2D eigenvalue weighted by molar-refractivity contribution is -0.128. The van der Waals surface area contributed by atoms with Crippen LogP contribution in [0.1, 0.15) is 27.6 Å². The number of primary amides is 1. The molecule has 0 radical (unpaired) electrons. The SMILES string of the molecule is CN(C)c1ccc(CNC(=O)C(Oc2cccc(C(N)=O)c2)c2ccccc2)cc1. The smallest absolute Gasteiger partial charge is 0.266 e. The number of benzene rings is 3. The predicted octanol–water partition coefficient (Wildman–Crippen LogP) is 3.29. The molecule has 1 atom stereocenters. The maximum Gasteiger partial charge on any atom is 0.266 e. The molecule has 0 fully saturated rings. The minimum atomic E-state index is -0.865. The number of anilines is 1. The summed E-state index contributed by atoms with van der Waals surface area (Å²) in [5.74, 6) is -0.435. The van der Waals surface area contributed by atoms with E-state index >= 15 is 0 Å². The summed E-state index contributed by atoms with van der Waals surface area (Å²) in [4.78, 5) is 26.4. The standard InChI is InChI=1S/C24H25N3O3/c1-27(2)20-13-11-17(12-14-20)16-26-24(29)22(18-7-4-3-5-8-18)30-21-10-6-9-19(15-21)23(25)28/h3-15,22H,16H2,1-2H3,(H2,25,28)(H,26,29). The van der Waals surface area contributed by atoms with Gasteiger partial charge in [0.2, 0.25) is 12.0 Å². The van der Waals surface area contributed by atoms with Crippen LogP contribution in [-0.2, 0) is 11.3 Å². The molecule has 1 unspecified atom stereocenters. The number of ether oxygens (including phenoxy) is 1. The van der Waals surface area contributed by atoms with Crippen LogP contribution in [0.2, 0.25) is 0 Å². The Labute approximate surface area is 176 Å². The van der Waals surface area contributed by atoms with Crippen LogP contribution < -0.4 is 20.7 Å². The first-order valence-corrected chi connectivity index (χ1v) is 9.59. The molecule has 0 aliphatic heterocycles. The highest BCUT2D eigenvalue weighted by atomic mass is 16.5. The number of carbonyl (C=O) groups excluding carboxylic acids is 2. The fourth-order valence-electron chi connectivity index (χ4n) is 2.95. The van der Waals surface area contributed by atoms with Crippen molar-refractivity contribution in [3.8, 4) is 5.75 Å². The zero-order valence-electron chi connectivity index (χ0n) is 17.0. The van der Waals surface area contributed by atoms with Crippen molar-refractivity contribution in [2.45, 2.75) is 12.6 Å². The summed E-state index contributed by atoms with van der Waals surface area (Å²) < 4.78 is 5.97. The number of hydrogen-bond acceptors (Lipinski definition) is 4. The molecule has 2 amide bonds. The van der Waals surface area contributed by atoms with E-state index < -0.39 is 12.0 Å². The maximum absolute atomic E-state index is 13.0. The Morgan fingerprint density at radius 2 is 1.67 bits per heavy atom. The van der Waals surface area contributed by atoms with E-state index in [0.717, 1.165) is 11.3 Å². The van der Waals surface area contributed by atoms with E-state index in [2.05, 4.69) is 5.32 Å². The highest BCUT2D eigenvalue weighted by Gasteiger charge is 2.22. The summed E-state index contributed by atoms with van der Waals surface area (Å²) >= 11 is 0. The Bertz CT molecular complexity index is 1000. The summed E-state index contributed by atoms with van der Waals surface area (Å²) in [5.41, 5.74) is 8.45. The number of nitrogens with one attached hydrogen (secondary N) is 1. The molecule has 0 bridgehead atoms. The van der Waals surface area contributed by atoms with Gasteiger partial charge in [0.15, 0.2) is 0 Å². The molecule has 3 N–H and O–H groups in total. The lowest BCUT2D eigenvalue weighted by Crippen LogP contribution is -2.32. The first-order chi connectivity index (χ1) is 14.4. The molecule has 30 heavy (non-hydrogen) atoms. The predicted molar refractivity (Wildman–Crippen MR) is 117 cm³/mol. The summed E-state index contributed by atoms with van der Waals surface area (Å²) in [6.07, 6.45) is -0.865. The molecule has 0 spiro atoms. The third-order valence-electron chi connectivity index (χ3n) is 4.63. The minimum Gasteiger partial charge on any atom is -0.476 e. The molecule has 3 aromatic carbocycles. The second-order valence-electron chi connectivity index (χ2n) is 7.08. The van der Waals surface area contributed by atoms with Gasteiger partial charge in [-0.05, 0) is 35.9 Å². The van der Waals surface area contributed by atoms with Gasteiger partial charge in [-0.15, -0.1) is 0 Å². The first-order valence-electron chi connectivity index (χ1n) is 9.59. The molecule has 3 rings (SSSR count). The van der Waals surface area contributed by atoms with Gasteiger partial charge in [-0.1, -0.05) is 48.5 Å². The number of nitrogens with zero attached hydrogens (tertiary/aromatic N) is 1. The van der Waals surface area contributed by atoms with Crippen molar-refractivity contribution in [3.05, 3.63) is 95.6 Å². The van der Waals surface area contributed by atoms with E-state index in [1.807, 2.05) is 73.6 Å². The average molecular weight is 403 g/mol. The molecule has 0 aliphatic rings.